The van der Waals surface area contributed by atoms with Crippen molar-refractivity contribution in [2.75, 3.05) is 20.1 Å². The van der Waals surface area contributed by atoms with Crippen LogP contribution in [0.25, 0.3) is 0 Å². The molecule has 0 saturated carbocycles. The number of rotatable bonds is 3. The molecule has 0 aliphatic carbocycles. The third-order valence-corrected chi connectivity index (χ3v) is 4.05. The van der Waals surface area contributed by atoms with Crippen LogP contribution < -0.4 is 0 Å². The monoisotopic (exact) mass is 256 g/mol. The highest BCUT2D eigenvalue weighted by molar-refractivity contribution is 5.82. The van der Waals surface area contributed by atoms with Crippen molar-refractivity contribution in [3.05, 3.63) is 0 Å². The first-order valence-corrected chi connectivity index (χ1v) is 6.63. The number of carbonyl (C=O) groups is 2. The van der Waals surface area contributed by atoms with Crippen molar-refractivity contribution in [3.63, 3.8) is 0 Å². The van der Waals surface area contributed by atoms with Gasteiger partial charge in [-0.2, -0.15) is 0 Å². The Bertz CT molecular complexity index is 319. The first-order valence-electron chi connectivity index (χ1n) is 6.63. The predicted octanol–water partition coefficient (Wildman–Crippen LogP) is 1.88. The minimum absolute atomic E-state index is 0.164. The Labute approximate surface area is 109 Å². The van der Waals surface area contributed by atoms with E-state index in [2.05, 4.69) is 13.8 Å². The van der Waals surface area contributed by atoms with Crippen LogP contribution in [-0.4, -0.2) is 53.1 Å². The molecule has 1 saturated heterocycles. The van der Waals surface area contributed by atoms with Gasteiger partial charge in [0.15, 0.2) is 0 Å². The second-order valence-electron chi connectivity index (χ2n) is 5.35. The van der Waals surface area contributed by atoms with Crippen LogP contribution in [0.1, 0.15) is 33.6 Å². The lowest BCUT2D eigenvalue weighted by Crippen LogP contribution is -2.52. The van der Waals surface area contributed by atoms with E-state index in [4.69, 9.17) is 5.11 Å². The van der Waals surface area contributed by atoms with Crippen molar-refractivity contribution in [1.82, 2.24) is 9.80 Å². The normalized spacial score (nSPS) is 25.7. The molecule has 1 aliphatic rings. The Balaban J connectivity index is 2.66. The van der Waals surface area contributed by atoms with Crippen LogP contribution in [0.5, 0.6) is 0 Å². The van der Waals surface area contributed by atoms with Crippen LogP contribution in [-0.2, 0) is 4.79 Å². The summed E-state index contributed by atoms with van der Waals surface area (Å²) in [6, 6.07) is -0.893. The molecule has 1 N–H and O–H groups in total. The van der Waals surface area contributed by atoms with Crippen LogP contribution in [0.2, 0.25) is 0 Å². The molecular weight excluding hydrogens is 232 g/mol. The standard InChI is InChI=1S/C13H24N2O3/c1-5-11(12(16)17)14(4)13(18)15-7-6-9(2)10(3)8-15/h9-11H,5-8H2,1-4H3,(H,16,17). The summed E-state index contributed by atoms with van der Waals surface area (Å²) in [5, 5.41) is 9.07. The molecule has 1 rings (SSSR count). The highest BCUT2D eigenvalue weighted by Gasteiger charge is 2.31. The molecule has 0 aromatic rings. The van der Waals surface area contributed by atoms with Gasteiger partial charge in [0.25, 0.3) is 0 Å². The van der Waals surface area contributed by atoms with Crippen molar-refractivity contribution < 1.29 is 14.7 Å². The van der Waals surface area contributed by atoms with Gasteiger partial charge in [0, 0.05) is 20.1 Å². The molecule has 5 nitrogen and oxygen atoms in total. The largest absolute Gasteiger partial charge is 0.480 e. The van der Waals surface area contributed by atoms with Gasteiger partial charge in [0.1, 0.15) is 6.04 Å². The Kier molecular flexibility index (Phi) is 4.99. The quantitative estimate of drug-likeness (QED) is 0.838. The number of hydrogen-bond acceptors (Lipinski definition) is 2. The fourth-order valence-electron chi connectivity index (χ4n) is 2.41. The molecule has 0 spiro atoms. The van der Waals surface area contributed by atoms with Crippen LogP contribution in [0, 0.1) is 11.8 Å². The summed E-state index contributed by atoms with van der Waals surface area (Å²) in [7, 11) is 1.58. The summed E-state index contributed by atoms with van der Waals surface area (Å²) in [6.07, 6.45) is 1.42. The number of amides is 2. The summed E-state index contributed by atoms with van der Waals surface area (Å²) < 4.78 is 0. The van der Waals surface area contributed by atoms with Gasteiger partial charge >= 0.3 is 12.0 Å². The second kappa shape index (κ2) is 6.07. The summed E-state index contributed by atoms with van der Waals surface area (Å²) in [4.78, 5) is 26.4. The number of carbonyl (C=O) groups excluding carboxylic acids is 1. The number of likely N-dealkylation sites (tertiary alicyclic amines) is 1. The number of carboxylic acid groups (broad SMARTS) is 1. The minimum atomic E-state index is -0.938. The van der Waals surface area contributed by atoms with Gasteiger partial charge < -0.3 is 14.9 Å². The van der Waals surface area contributed by atoms with Crippen molar-refractivity contribution in [2.24, 2.45) is 11.8 Å². The summed E-state index contributed by atoms with van der Waals surface area (Å²) in [5.41, 5.74) is 0. The van der Waals surface area contributed by atoms with E-state index in [1.54, 1.807) is 18.9 Å². The van der Waals surface area contributed by atoms with E-state index >= 15 is 0 Å². The van der Waals surface area contributed by atoms with Gasteiger partial charge in [0.05, 0.1) is 0 Å². The first-order chi connectivity index (χ1) is 8.38. The van der Waals surface area contributed by atoms with Crippen molar-refractivity contribution in [1.29, 1.82) is 0 Å². The zero-order valence-corrected chi connectivity index (χ0v) is 11.7. The maximum atomic E-state index is 12.2. The zero-order chi connectivity index (χ0) is 13.9. The van der Waals surface area contributed by atoms with Crippen molar-refractivity contribution in [3.8, 4) is 0 Å². The van der Waals surface area contributed by atoms with E-state index in [1.807, 2.05) is 0 Å². The number of carboxylic acids is 1. The molecule has 0 bridgehead atoms. The first kappa shape index (κ1) is 14.8. The molecule has 3 atom stereocenters. The van der Waals surface area contributed by atoms with E-state index < -0.39 is 12.0 Å². The fourth-order valence-corrected chi connectivity index (χ4v) is 2.41. The molecule has 0 aromatic heterocycles. The number of likely N-dealkylation sites (N-methyl/N-ethyl adjacent to an activating group) is 1. The number of urea groups is 1. The molecule has 1 aliphatic heterocycles. The van der Waals surface area contributed by atoms with Gasteiger partial charge in [-0.3, -0.25) is 0 Å². The fraction of sp³-hybridized carbons (Fsp3) is 0.846. The molecular formula is C13H24N2O3. The molecule has 2 amide bonds. The Morgan fingerprint density at radius 3 is 2.44 bits per heavy atom. The van der Waals surface area contributed by atoms with E-state index in [9.17, 15) is 9.59 Å². The maximum absolute atomic E-state index is 12.2. The maximum Gasteiger partial charge on any atom is 0.326 e. The summed E-state index contributed by atoms with van der Waals surface area (Å²) >= 11 is 0. The van der Waals surface area contributed by atoms with Crippen LogP contribution in [0.15, 0.2) is 0 Å². The lowest BCUT2D eigenvalue weighted by molar-refractivity contribution is -0.142. The van der Waals surface area contributed by atoms with Gasteiger partial charge in [-0.15, -0.1) is 0 Å². The van der Waals surface area contributed by atoms with E-state index in [1.165, 1.54) is 4.90 Å². The third kappa shape index (κ3) is 3.15. The lowest BCUT2D eigenvalue weighted by Gasteiger charge is -2.38. The lowest BCUT2D eigenvalue weighted by atomic mass is 9.89. The molecule has 0 aromatic carbocycles. The average molecular weight is 256 g/mol. The molecule has 5 heteroatoms. The van der Waals surface area contributed by atoms with Gasteiger partial charge in [-0.1, -0.05) is 20.8 Å². The Morgan fingerprint density at radius 2 is 2.00 bits per heavy atom. The molecule has 1 heterocycles. The van der Waals surface area contributed by atoms with Crippen molar-refractivity contribution in [2.45, 2.75) is 39.7 Å². The molecule has 104 valence electrons. The summed E-state index contributed by atoms with van der Waals surface area (Å²) in [6.45, 7) is 7.56. The predicted molar refractivity (Wildman–Crippen MR) is 69.4 cm³/mol. The van der Waals surface area contributed by atoms with Gasteiger partial charge in [-0.25, -0.2) is 9.59 Å². The Hall–Kier alpha value is -1.26. The number of piperidine rings is 1. The Morgan fingerprint density at radius 1 is 1.39 bits per heavy atom. The number of hydrogen-bond donors (Lipinski definition) is 1. The smallest absolute Gasteiger partial charge is 0.326 e. The van der Waals surface area contributed by atoms with Gasteiger partial charge in [0.2, 0.25) is 0 Å². The van der Waals surface area contributed by atoms with Gasteiger partial charge in [-0.05, 0) is 24.7 Å². The van der Waals surface area contributed by atoms with E-state index in [-0.39, 0.29) is 6.03 Å². The molecule has 18 heavy (non-hydrogen) atoms. The number of aliphatic carboxylic acids is 1. The van der Waals surface area contributed by atoms with E-state index in [0.29, 0.717) is 18.3 Å². The minimum Gasteiger partial charge on any atom is -0.480 e. The van der Waals surface area contributed by atoms with E-state index in [0.717, 1.165) is 19.5 Å². The molecule has 3 unspecified atom stereocenters. The highest BCUT2D eigenvalue weighted by atomic mass is 16.4. The summed E-state index contributed by atoms with van der Waals surface area (Å²) in [5.74, 6) is 0.161. The SMILES string of the molecule is CCC(C(=O)O)N(C)C(=O)N1CCC(C)C(C)C1. The topological polar surface area (TPSA) is 60.9 Å². The zero-order valence-electron chi connectivity index (χ0n) is 11.7. The van der Waals surface area contributed by atoms with Crippen LogP contribution >= 0.6 is 0 Å². The third-order valence-electron chi connectivity index (χ3n) is 4.05. The van der Waals surface area contributed by atoms with Crippen LogP contribution in [0.4, 0.5) is 4.79 Å². The average Bonchev–Trinajstić information content (AvgIpc) is 2.32. The molecule has 1 fully saturated rings. The van der Waals surface area contributed by atoms with Crippen molar-refractivity contribution >= 4 is 12.0 Å². The second-order valence-corrected chi connectivity index (χ2v) is 5.35. The number of nitrogens with zero attached hydrogens (tertiary/aromatic N) is 2. The molecule has 0 radical (unpaired) electrons. The van der Waals surface area contributed by atoms with Crippen LogP contribution in [0.3, 0.4) is 0 Å². The highest BCUT2D eigenvalue weighted by Crippen LogP contribution is 2.23.